The number of ether oxygens (including phenoxy) is 1. The predicted molar refractivity (Wildman–Crippen MR) is 77.9 cm³/mol. The van der Waals surface area contributed by atoms with Crippen LogP contribution >= 0.6 is 0 Å². The van der Waals surface area contributed by atoms with Crippen LogP contribution in [0.15, 0.2) is 53.7 Å². The lowest BCUT2D eigenvalue weighted by Gasteiger charge is -2.09. The Morgan fingerprint density at radius 3 is 2.57 bits per heavy atom. The number of nitrogens with one attached hydrogen (secondary N) is 1. The number of nitrogens with zero attached hydrogens (tertiary/aromatic N) is 1. The van der Waals surface area contributed by atoms with Crippen molar-refractivity contribution in [2.45, 2.75) is 5.03 Å². The molecule has 0 aliphatic heterocycles. The van der Waals surface area contributed by atoms with Crippen LogP contribution in [0.1, 0.15) is 0 Å². The summed E-state index contributed by atoms with van der Waals surface area (Å²) in [5.41, 5.74) is 0.418. The molecule has 0 spiro atoms. The number of para-hydroxylation sites is 2. The first-order valence-electron chi connectivity index (χ1n) is 6.09. The number of sulfone groups is 1. The average Bonchev–Trinajstić information content (AvgIpc) is 2.48. The molecule has 0 aliphatic rings. The Labute approximate surface area is 122 Å². The van der Waals surface area contributed by atoms with Crippen molar-refractivity contribution in [3.63, 3.8) is 0 Å². The molecule has 1 aromatic carbocycles. The van der Waals surface area contributed by atoms with Crippen LogP contribution in [-0.2, 0) is 14.6 Å². The van der Waals surface area contributed by atoms with Gasteiger partial charge in [-0.2, -0.15) is 0 Å². The summed E-state index contributed by atoms with van der Waals surface area (Å²) in [5.74, 6) is -0.867. The van der Waals surface area contributed by atoms with Gasteiger partial charge in [-0.05, 0) is 24.3 Å². The van der Waals surface area contributed by atoms with Crippen molar-refractivity contribution in [3.8, 4) is 5.75 Å². The van der Waals surface area contributed by atoms with Crippen molar-refractivity contribution in [2.75, 3.05) is 18.2 Å². The Balaban J connectivity index is 2.12. The van der Waals surface area contributed by atoms with Gasteiger partial charge in [-0.3, -0.25) is 4.79 Å². The van der Waals surface area contributed by atoms with E-state index < -0.39 is 21.5 Å². The maximum atomic E-state index is 12.0. The maximum absolute atomic E-state index is 12.0. The quantitative estimate of drug-likeness (QED) is 0.905. The van der Waals surface area contributed by atoms with Gasteiger partial charge in [-0.1, -0.05) is 18.2 Å². The van der Waals surface area contributed by atoms with Crippen LogP contribution in [0, 0.1) is 0 Å². The smallest absolute Gasteiger partial charge is 0.240 e. The van der Waals surface area contributed by atoms with Gasteiger partial charge in [0.05, 0.1) is 12.8 Å². The summed E-state index contributed by atoms with van der Waals surface area (Å²) in [6.45, 7) is 0. The van der Waals surface area contributed by atoms with E-state index in [0.717, 1.165) is 0 Å². The molecule has 0 saturated heterocycles. The SMILES string of the molecule is COc1ccccc1NC(=O)CS(=O)(=O)c1ccccn1. The molecule has 0 radical (unpaired) electrons. The second-order valence-corrected chi connectivity index (χ2v) is 6.11. The van der Waals surface area contributed by atoms with Crippen molar-refractivity contribution >= 4 is 21.4 Å². The van der Waals surface area contributed by atoms with E-state index in [2.05, 4.69) is 10.3 Å². The summed E-state index contributed by atoms with van der Waals surface area (Å²) in [6.07, 6.45) is 1.37. The number of hydrogen-bond donors (Lipinski definition) is 1. The molecule has 0 saturated carbocycles. The fourth-order valence-corrected chi connectivity index (χ4v) is 2.78. The van der Waals surface area contributed by atoms with Crippen LogP contribution in [0.25, 0.3) is 0 Å². The number of anilines is 1. The summed E-state index contributed by atoms with van der Waals surface area (Å²) in [6, 6.07) is 11.3. The maximum Gasteiger partial charge on any atom is 0.240 e. The molecule has 1 N–H and O–H groups in total. The fraction of sp³-hybridized carbons (Fsp3) is 0.143. The van der Waals surface area contributed by atoms with E-state index in [0.29, 0.717) is 11.4 Å². The van der Waals surface area contributed by atoms with Gasteiger partial charge in [0.2, 0.25) is 15.7 Å². The molecule has 2 rings (SSSR count). The largest absolute Gasteiger partial charge is 0.495 e. The molecule has 0 fully saturated rings. The molecule has 1 amide bonds. The summed E-state index contributed by atoms with van der Waals surface area (Å²) < 4.78 is 29.1. The van der Waals surface area contributed by atoms with E-state index in [9.17, 15) is 13.2 Å². The number of aromatic nitrogens is 1. The van der Waals surface area contributed by atoms with Gasteiger partial charge >= 0.3 is 0 Å². The molecule has 0 atom stereocenters. The van der Waals surface area contributed by atoms with Gasteiger partial charge in [-0.25, -0.2) is 13.4 Å². The second kappa shape index (κ2) is 6.36. The zero-order chi connectivity index (χ0) is 15.3. The van der Waals surface area contributed by atoms with Crippen molar-refractivity contribution < 1.29 is 17.9 Å². The number of carbonyl (C=O) groups is 1. The molecule has 6 nitrogen and oxygen atoms in total. The Morgan fingerprint density at radius 2 is 1.90 bits per heavy atom. The van der Waals surface area contributed by atoms with E-state index >= 15 is 0 Å². The number of benzene rings is 1. The molecule has 7 heteroatoms. The third-order valence-electron chi connectivity index (χ3n) is 2.66. The number of methoxy groups -OCH3 is 1. The van der Waals surface area contributed by atoms with Crippen molar-refractivity contribution in [1.29, 1.82) is 0 Å². The Bertz CT molecular complexity index is 730. The molecule has 0 aliphatic carbocycles. The first kappa shape index (κ1) is 15.0. The van der Waals surface area contributed by atoms with Gasteiger partial charge < -0.3 is 10.1 Å². The fourth-order valence-electron chi connectivity index (χ4n) is 1.71. The molecule has 0 unspecified atom stereocenters. The topological polar surface area (TPSA) is 85.4 Å². The lowest BCUT2D eigenvalue weighted by molar-refractivity contribution is -0.113. The normalized spacial score (nSPS) is 10.9. The highest BCUT2D eigenvalue weighted by Gasteiger charge is 2.21. The molecule has 1 heterocycles. The van der Waals surface area contributed by atoms with Crippen LogP contribution in [0.3, 0.4) is 0 Å². The van der Waals surface area contributed by atoms with E-state index in [1.165, 1.54) is 19.4 Å². The van der Waals surface area contributed by atoms with Crippen LogP contribution in [0.4, 0.5) is 5.69 Å². The number of hydrogen-bond acceptors (Lipinski definition) is 5. The highest BCUT2D eigenvalue weighted by atomic mass is 32.2. The molecule has 0 bridgehead atoms. The van der Waals surface area contributed by atoms with Gasteiger partial charge in [-0.15, -0.1) is 0 Å². The van der Waals surface area contributed by atoms with E-state index in [1.54, 1.807) is 36.4 Å². The monoisotopic (exact) mass is 306 g/mol. The van der Waals surface area contributed by atoms with Crippen molar-refractivity contribution in [2.24, 2.45) is 0 Å². The standard InChI is InChI=1S/C14H14N2O4S/c1-20-12-7-3-2-6-11(12)16-13(17)10-21(18,19)14-8-4-5-9-15-14/h2-9H,10H2,1H3,(H,16,17). The van der Waals surface area contributed by atoms with Crippen molar-refractivity contribution in [3.05, 3.63) is 48.7 Å². The highest BCUT2D eigenvalue weighted by molar-refractivity contribution is 7.92. The summed E-state index contributed by atoms with van der Waals surface area (Å²) in [5, 5.41) is 2.39. The molecular weight excluding hydrogens is 292 g/mol. The van der Waals surface area contributed by atoms with E-state index in [4.69, 9.17) is 4.74 Å². The minimum absolute atomic E-state index is 0.125. The van der Waals surface area contributed by atoms with Crippen LogP contribution in [-0.4, -0.2) is 32.2 Å². The van der Waals surface area contributed by atoms with E-state index in [1.807, 2.05) is 0 Å². The van der Waals surface area contributed by atoms with E-state index in [-0.39, 0.29) is 5.03 Å². The molecule has 21 heavy (non-hydrogen) atoms. The average molecular weight is 306 g/mol. The van der Waals surface area contributed by atoms with Crippen LogP contribution in [0.5, 0.6) is 5.75 Å². The van der Waals surface area contributed by atoms with Crippen molar-refractivity contribution in [1.82, 2.24) is 4.98 Å². The zero-order valence-corrected chi connectivity index (χ0v) is 12.1. The minimum Gasteiger partial charge on any atom is -0.495 e. The Hall–Kier alpha value is -2.41. The highest BCUT2D eigenvalue weighted by Crippen LogP contribution is 2.23. The molecule has 2 aromatic rings. The predicted octanol–water partition coefficient (Wildman–Crippen LogP) is 1.50. The third kappa shape index (κ3) is 3.79. The number of carbonyl (C=O) groups excluding carboxylic acids is 1. The summed E-state index contributed by atoms with van der Waals surface area (Å²) in [4.78, 5) is 15.6. The molecule has 1 aromatic heterocycles. The van der Waals surface area contributed by atoms with Crippen LogP contribution < -0.4 is 10.1 Å². The Morgan fingerprint density at radius 1 is 1.19 bits per heavy atom. The number of pyridine rings is 1. The number of amides is 1. The summed E-state index contributed by atoms with van der Waals surface area (Å²) >= 11 is 0. The molecule has 110 valence electrons. The van der Waals surface area contributed by atoms with Gasteiger partial charge in [0.15, 0.2) is 5.03 Å². The number of rotatable bonds is 5. The Kier molecular flexibility index (Phi) is 4.54. The minimum atomic E-state index is -3.76. The van der Waals surface area contributed by atoms with Gasteiger partial charge in [0.1, 0.15) is 11.5 Å². The first-order valence-corrected chi connectivity index (χ1v) is 7.75. The second-order valence-electron chi connectivity index (χ2n) is 4.18. The lowest BCUT2D eigenvalue weighted by atomic mass is 10.3. The zero-order valence-electron chi connectivity index (χ0n) is 11.3. The first-order chi connectivity index (χ1) is 10.0. The van der Waals surface area contributed by atoms with Gasteiger partial charge in [0, 0.05) is 6.20 Å². The van der Waals surface area contributed by atoms with Crippen LogP contribution in [0.2, 0.25) is 0 Å². The lowest BCUT2D eigenvalue weighted by Crippen LogP contribution is -2.23. The third-order valence-corrected chi connectivity index (χ3v) is 4.18. The van der Waals surface area contributed by atoms with Gasteiger partial charge in [0.25, 0.3) is 0 Å². The summed E-state index contributed by atoms with van der Waals surface area (Å²) in [7, 11) is -2.30. The molecular formula is C14H14N2O4S.